The van der Waals surface area contributed by atoms with E-state index in [9.17, 15) is 4.79 Å². The maximum Gasteiger partial charge on any atom is 0.260 e. The summed E-state index contributed by atoms with van der Waals surface area (Å²) in [6.45, 7) is 1.66. The van der Waals surface area contributed by atoms with Crippen LogP contribution in [-0.4, -0.2) is 29.3 Å². The molecule has 0 N–H and O–H groups in total. The Morgan fingerprint density at radius 2 is 2.06 bits per heavy atom. The molecule has 0 bridgehead atoms. The molecule has 1 aliphatic heterocycles. The van der Waals surface area contributed by atoms with Crippen LogP contribution < -0.4 is 4.74 Å². The average molecular weight is 312 g/mol. The first-order valence-corrected chi connectivity index (χ1v) is 7.48. The van der Waals surface area contributed by atoms with Crippen LogP contribution in [-0.2, 0) is 11.3 Å². The molecule has 1 aromatic carbocycles. The molecule has 1 aliphatic rings. The van der Waals surface area contributed by atoms with Crippen LogP contribution in [0, 0.1) is 0 Å². The first-order chi connectivity index (χ1) is 8.81. The van der Waals surface area contributed by atoms with Crippen LogP contribution in [0.4, 0.5) is 0 Å². The fourth-order valence-corrected chi connectivity index (χ4v) is 2.47. The van der Waals surface area contributed by atoms with Crippen LogP contribution in [0.5, 0.6) is 5.75 Å². The molecule has 0 spiro atoms. The molecule has 0 unspecified atom stereocenters. The number of halogens is 1. The van der Waals surface area contributed by atoms with Crippen molar-refractivity contribution in [2.75, 3.05) is 18.5 Å². The Hall–Kier alpha value is -1.03. The zero-order valence-electron chi connectivity index (χ0n) is 10.4. The molecule has 0 saturated heterocycles. The summed E-state index contributed by atoms with van der Waals surface area (Å²) >= 11 is 3.42. The van der Waals surface area contributed by atoms with E-state index < -0.39 is 0 Å². The third kappa shape index (κ3) is 3.48. The topological polar surface area (TPSA) is 29.5 Å². The van der Waals surface area contributed by atoms with Gasteiger partial charge in [0.2, 0.25) is 0 Å². The summed E-state index contributed by atoms with van der Waals surface area (Å²) < 4.78 is 5.52. The van der Waals surface area contributed by atoms with Crippen molar-refractivity contribution in [1.29, 1.82) is 0 Å². The number of nitrogens with zero attached hydrogens (tertiary/aromatic N) is 1. The number of para-hydroxylation sites is 1. The number of rotatable bonds is 5. The van der Waals surface area contributed by atoms with Crippen LogP contribution in [0.25, 0.3) is 0 Å². The van der Waals surface area contributed by atoms with E-state index in [-0.39, 0.29) is 12.5 Å². The SMILES string of the molecule is O=C1COc2ccccc2CN1CCCCCBr. The summed E-state index contributed by atoms with van der Waals surface area (Å²) in [5.74, 6) is 0.929. The summed E-state index contributed by atoms with van der Waals surface area (Å²) in [5.41, 5.74) is 1.10. The normalized spacial score (nSPS) is 14.9. The molecular formula is C14H18BrNO2. The molecule has 1 amide bonds. The molecule has 0 fully saturated rings. The molecule has 0 atom stereocenters. The molecule has 98 valence electrons. The van der Waals surface area contributed by atoms with Crippen molar-refractivity contribution in [3.63, 3.8) is 0 Å². The number of ether oxygens (including phenoxy) is 1. The van der Waals surface area contributed by atoms with Crippen LogP contribution >= 0.6 is 15.9 Å². The number of carbonyl (C=O) groups is 1. The van der Waals surface area contributed by atoms with Gasteiger partial charge in [-0.1, -0.05) is 40.5 Å². The maximum absolute atomic E-state index is 11.9. The Kier molecular flexibility index (Phi) is 5.05. The van der Waals surface area contributed by atoms with Crippen LogP contribution in [0.1, 0.15) is 24.8 Å². The predicted molar refractivity (Wildman–Crippen MR) is 75.0 cm³/mol. The summed E-state index contributed by atoms with van der Waals surface area (Å²) in [7, 11) is 0. The fourth-order valence-electron chi connectivity index (χ4n) is 2.08. The number of hydrogen-bond donors (Lipinski definition) is 0. The number of hydrogen-bond acceptors (Lipinski definition) is 2. The van der Waals surface area contributed by atoms with Gasteiger partial charge in [-0.05, 0) is 18.9 Å². The van der Waals surface area contributed by atoms with E-state index in [2.05, 4.69) is 15.9 Å². The Morgan fingerprint density at radius 1 is 1.22 bits per heavy atom. The van der Waals surface area contributed by atoms with Gasteiger partial charge in [0.1, 0.15) is 5.75 Å². The highest BCUT2D eigenvalue weighted by atomic mass is 79.9. The van der Waals surface area contributed by atoms with E-state index in [1.807, 2.05) is 29.2 Å². The first-order valence-electron chi connectivity index (χ1n) is 6.35. The lowest BCUT2D eigenvalue weighted by molar-refractivity contribution is -0.133. The second-order valence-electron chi connectivity index (χ2n) is 4.46. The molecule has 2 rings (SSSR count). The monoisotopic (exact) mass is 311 g/mol. The Bertz CT molecular complexity index is 409. The van der Waals surface area contributed by atoms with Gasteiger partial charge in [0.15, 0.2) is 6.61 Å². The molecule has 3 nitrogen and oxygen atoms in total. The quantitative estimate of drug-likeness (QED) is 0.618. The lowest BCUT2D eigenvalue weighted by Crippen LogP contribution is -2.33. The van der Waals surface area contributed by atoms with E-state index in [4.69, 9.17) is 4.74 Å². The van der Waals surface area contributed by atoms with Crippen molar-refractivity contribution < 1.29 is 9.53 Å². The van der Waals surface area contributed by atoms with Gasteiger partial charge in [-0.25, -0.2) is 0 Å². The summed E-state index contributed by atoms with van der Waals surface area (Å²) in [5, 5.41) is 1.03. The lowest BCUT2D eigenvalue weighted by atomic mass is 10.2. The molecule has 18 heavy (non-hydrogen) atoms. The molecule has 0 radical (unpaired) electrons. The first kappa shape index (κ1) is 13.4. The third-order valence-electron chi connectivity index (χ3n) is 3.10. The minimum atomic E-state index is 0.0880. The van der Waals surface area contributed by atoms with Crippen molar-refractivity contribution >= 4 is 21.8 Å². The number of benzene rings is 1. The van der Waals surface area contributed by atoms with Gasteiger partial charge in [-0.2, -0.15) is 0 Å². The zero-order valence-corrected chi connectivity index (χ0v) is 12.0. The summed E-state index contributed by atoms with van der Waals surface area (Å²) in [4.78, 5) is 13.8. The largest absolute Gasteiger partial charge is 0.483 e. The smallest absolute Gasteiger partial charge is 0.260 e. The van der Waals surface area contributed by atoms with Gasteiger partial charge in [0.25, 0.3) is 5.91 Å². The number of amides is 1. The van der Waals surface area contributed by atoms with Gasteiger partial charge in [-0.15, -0.1) is 0 Å². The average Bonchev–Trinajstić information content (AvgIpc) is 2.55. The standard InChI is InChI=1S/C14H18BrNO2/c15-8-4-1-5-9-16-10-12-6-2-3-7-13(12)18-11-14(16)17/h2-3,6-7H,1,4-5,8-11H2. The lowest BCUT2D eigenvalue weighted by Gasteiger charge is -2.19. The minimum absolute atomic E-state index is 0.0880. The van der Waals surface area contributed by atoms with Gasteiger partial charge < -0.3 is 9.64 Å². The van der Waals surface area contributed by atoms with Crippen molar-refractivity contribution in [2.24, 2.45) is 0 Å². The van der Waals surface area contributed by atoms with E-state index in [0.717, 1.165) is 42.5 Å². The van der Waals surface area contributed by atoms with Crippen LogP contribution in [0.3, 0.4) is 0 Å². The van der Waals surface area contributed by atoms with Crippen LogP contribution in [0.15, 0.2) is 24.3 Å². The molecule has 1 heterocycles. The fraction of sp³-hybridized carbons (Fsp3) is 0.500. The van der Waals surface area contributed by atoms with Gasteiger partial charge >= 0.3 is 0 Å². The van der Waals surface area contributed by atoms with Gasteiger partial charge in [0, 0.05) is 24.0 Å². The predicted octanol–water partition coefficient (Wildman–Crippen LogP) is 2.97. The summed E-state index contributed by atoms with van der Waals surface area (Å²) in [6.07, 6.45) is 3.37. The van der Waals surface area contributed by atoms with E-state index in [1.165, 1.54) is 0 Å². The zero-order chi connectivity index (χ0) is 12.8. The second-order valence-corrected chi connectivity index (χ2v) is 5.25. The van der Waals surface area contributed by atoms with Crippen molar-refractivity contribution in [3.8, 4) is 5.75 Å². The minimum Gasteiger partial charge on any atom is -0.483 e. The van der Waals surface area contributed by atoms with E-state index in [0.29, 0.717) is 6.54 Å². The molecular weight excluding hydrogens is 294 g/mol. The van der Waals surface area contributed by atoms with Gasteiger partial charge in [0.05, 0.1) is 0 Å². The van der Waals surface area contributed by atoms with E-state index in [1.54, 1.807) is 0 Å². The Morgan fingerprint density at radius 3 is 2.89 bits per heavy atom. The van der Waals surface area contributed by atoms with E-state index >= 15 is 0 Å². The molecule has 0 aromatic heterocycles. The van der Waals surface area contributed by atoms with Crippen LogP contribution in [0.2, 0.25) is 0 Å². The summed E-state index contributed by atoms with van der Waals surface area (Å²) in [6, 6.07) is 7.88. The highest BCUT2D eigenvalue weighted by Gasteiger charge is 2.20. The number of fused-ring (bicyclic) bond motifs is 1. The molecule has 1 aromatic rings. The van der Waals surface area contributed by atoms with Crippen molar-refractivity contribution in [2.45, 2.75) is 25.8 Å². The second kappa shape index (κ2) is 6.78. The highest BCUT2D eigenvalue weighted by Crippen LogP contribution is 2.23. The highest BCUT2D eigenvalue weighted by molar-refractivity contribution is 9.09. The number of alkyl halides is 1. The number of unbranched alkanes of at least 4 members (excludes halogenated alkanes) is 2. The maximum atomic E-state index is 11.9. The Labute approximate surface area is 116 Å². The van der Waals surface area contributed by atoms with Crippen molar-refractivity contribution in [3.05, 3.63) is 29.8 Å². The van der Waals surface area contributed by atoms with Crippen molar-refractivity contribution in [1.82, 2.24) is 4.90 Å². The third-order valence-corrected chi connectivity index (χ3v) is 3.66. The number of carbonyl (C=O) groups excluding carboxylic acids is 1. The van der Waals surface area contributed by atoms with Gasteiger partial charge in [-0.3, -0.25) is 4.79 Å². The Balaban J connectivity index is 1.96. The molecule has 4 heteroatoms. The molecule has 0 aliphatic carbocycles. The molecule has 0 saturated carbocycles.